The molecular formula is C23H21NO4. The number of amides is 1. The van der Waals surface area contributed by atoms with Crippen LogP contribution in [0, 0.1) is 0 Å². The molecule has 5 heteroatoms. The number of aromatic carboxylic acids is 1. The van der Waals surface area contributed by atoms with E-state index in [1.807, 2.05) is 66.7 Å². The Labute approximate surface area is 163 Å². The molecule has 2 N–H and O–H groups in total. The van der Waals surface area contributed by atoms with Crippen molar-refractivity contribution >= 4 is 17.7 Å². The average Bonchev–Trinajstić information content (AvgIpc) is 2.72. The van der Waals surface area contributed by atoms with E-state index in [1.54, 1.807) is 12.1 Å². The number of para-hydroxylation sites is 1. The van der Waals surface area contributed by atoms with Crippen molar-refractivity contribution in [1.82, 2.24) is 0 Å². The lowest BCUT2D eigenvalue weighted by Crippen LogP contribution is -2.15. The van der Waals surface area contributed by atoms with Gasteiger partial charge in [-0.2, -0.15) is 0 Å². The van der Waals surface area contributed by atoms with Crippen LogP contribution in [-0.2, 0) is 24.2 Å². The third-order valence-electron chi connectivity index (χ3n) is 4.38. The van der Waals surface area contributed by atoms with E-state index in [9.17, 15) is 14.7 Å². The van der Waals surface area contributed by atoms with Gasteiger partial charge in [0.2, 0.25) is 0 Å². The van der Waals surface area contributed by atoms with E-state index in [1.165, 1.54) is 0 Å². The van der Waals surface area contributed by atoms with Crippen LogP contribution >= 0.6 is 0 Å². The molecule has 0 heterocycles. The molecule has 0 aliphatic heterocycles. The summed E-state index contributed by atoms with van der Waals surface area (Å²) in [6, 6.07) is 23.9. The second kappa shape index (κ2) is 9.37. The first-order chi connectivity index (χ1) is 13.6. The number of hydrogen-bond acceptors (Lipinski definition) is 3. The second-order valence-corrected chi connectivity index (χ2v) is 6.31. The number of anilines is 1. The predicted molar refractivity (Wildman–Crippen MR) is 108 cm³/mol. The van der Waals surface area contributed by atoms with Crippen molar-refractivity contribution in [3.05, 3.63) is 101 Å². The van der Waals surface area contributed by atoms with Gasteiger partial charge < -0.3 is 9.84 Å². The normalized spacial score (nSPS) is 10.3. The smallest absolute Gasteiger partial charge is 0.411 e. The van der Waals surface area contributed by atoms with Crippen LogP contribution in [-0.4, -0.2) is 17.2 Å². The first-order valence-corrected chi connectivity index (χ1v) is 9.00. The summed E-state index contributed by atoms with van der Waals surface area (Å²) < 4.78 is 5.27. The molecule has 0 aliphatic carbocycles. The van der Waals surface area contributed by atoms with Gasteiger partial charge in [-0.15, -0.1) is 0 Å². The number of carboxylic acids is 1. The summed E-state index contributed by atoms with van der Waals surface area (Å²) in [5, 5.41) is 12.1. The summed E-state index contributed by atoms with van der Waals surface area (Å²) in [6.45, 7) is 0.195. The fourth-order valence-corrected chi connectivity index (χ4v) is 2.95. The zero-order chi connectivity index (χ0) is 19.8. The van der Waals surface area contributed by atoms with E-state index in [2.05, 4.69) is 5.32 Å². The molecule has 0 aromatic heterocycles. The maximum absolute atomic E-state index is 12.1. The van der Waals surface area contributed by atoms with Crippen molar-refractivity contribution in [3.8, 4) is 0 Å². The minimum absolute atomic E-state index is 0.195. The molecule has 0 radical (unpaired) electrons. The lowest BCUT2D eigenvalue weighted by molar-refractivity contribution is 0.0695. The zero-order valence-electron chi connectivity index (χ0n) is 15.3. The van der Waals surface area contributed by atoms with Gasteiger partial charge in [-0.25, -0.2) is 9.59 Å². The Kier molecular flexibility index (Phi) is 6.41. The van der Waals surface area contributed by atoms with Crippen LogP contribution in [0.2, 0.25) is 0 Å². The highest BCUT2D eigenvalue weighted by atomic mass is 16.5. The Morgan fingerprint density at radius 2 is 1.39 bits per heavy atom. The van der Waals surface area contributed by atoms with Gasteiger partial charge in [0, 0.05) is 5.69 Å². The summed E-state index contributed by atoms with van der Waals surface area (Å²) in [5.74, 6) is -0.938. The van der Waals surface area contributed by atoms with E-state index < -0.39 is 12.1 Å². The van der Waals surface area contributed by atoms with Crippen LogP contribution in [0.15, 0.2) is 78.9 Å². The van der Waals surface area contributed by atoms with Gasteiger partial charge in [0.1, 0.15) is 6.61 Å². The minimum atomic E-state index is -0.938. The fourth-order valence-electron chi connectivity index (χ4n) is 2.95. The van der Waals surface area contributed by atoms with Gasteiger partial charge in [-0.1, -0.05) is 66.7 Å². The number of hydrogen-bond donors (Lipinski definition) is 2. The van der Waals surface area contributed by atoms with Crippen LogP contribution in [0.4, 0.5) is 10.5 Å². The first-order valence-electron chi connectivity index (χ1n) is 9.00. The first kappa shape index (κ1) is 19.2. The summed E-state index contributed by atoms with van der Waals surface area (Å²) in [6.07, 6.45) is 0.627. The molecule has 0 spiro atoms. The number of carbonyl (C=O) groups excluding carboxylic acids is 1. The third kappa shape index (κ3) is 5.20. The van der Waals surface area contributed by atoms with Crippen molar-refractivity contribution in [2.45, 2.75) is 19.4 Å². The van der Waals surface area contributed by atoms with Gasteiger partial charge in [0.25, 0.3) is 0 Å². The minimum Gasteiger partial charge on any atom is -0.478 e. The van der Waals surface area contributed by atoms with E-state index in [4.69, 9.17) is 4.74 Å². The maximum Gasteiger partial charge on any atom is 0.411 e. The molecule has 0 unspecified atom stereocenters. The molecule has 0 saturated carbocycles. The van der Waals surface area contributed by atoms with E-state index in [0.29, 0.717) is 24.1 Å². The highest BCUT2D eigenvalue weighted by Crippen LogP contribution is 2.19. The fraction of sp³-hybridized carbons (Fsp3) is 0.130. The van der Waals surface area contributed by atoms with Crippen LogP contribution in [0.3, 0.4) is 0 Å². The van der Waals surface area contributed by atoms with Crippen molar-refractivity contribution in [1.29, 1.82) is 0 Å². The maximum atomic E-state index is 12.1. The molecule has 28 heavy (non-hydrogen) atoms. The van der Waals surface area contributed by atoms with Crippen molar-refractivity contribution < 1.29 is 19.4 Å². The molecule has 3 aromatic carbocycles. The molecule has 3 rings (SSSR count). The molecule has 142 valence electrons. The van der Waals surface area contributed by atoms with Crippen molar-refractivity contribution in [2.24, 2.45) is 0 Å². The van der Waals surface area contributed by atoms with E-state index in [0.717, 1.165) is 16.7 Å². The van der Waals surface area contributed by atoms with Crippen LogP contribution < -0.4 is 5.32 Å². The SMILES string of the molecule is O=C(Nc1ccccc1CCc1ccccc1C(=O)O)OCc1ccccc1. The third-order valence-corrected chi connectivity index (χ3v) is 4.38. The molecule has 0 saturated heterocycles. The number of nitrogens with one attached hydrogen (secondary N) is 1. The highest BCUT2D eigenvalue weighted by molar-refractivity contribution is 5.89. The molecule has 0 fully saturated rings. The lowest BCUT2D eigenvalue weighted by Gasteiger charge is -2.12. The van der Waals surface area contributed by atoms with Gasteiger partial charge >= 0.3 is 12.1 Å². The quantitative estimate of drug-likeness (QED) is 0.615. The van der Waals surface area contributed by atoms with Crippen LogP contribution in [0.1, 0.15) is 27.0 Å². The Morgan fingerprint density at radius 1 is 0.786 bits per heavy atom. The predicted octanol–water partition coefficient (Wildman–Crippen LogP) is 4.92. The summed E-state index contributed by atoms with van der Waals surface area (Å²) in [7, 11) is 0. The number of carboxylic acid groups (broad SMARTS) is 1. The summed E-state index contributed by atoms with van der Waals surface area (Å²) in [5.41, 5.74) is 3.55. The van der Waals surface area contributed by atoms with Crippen LogP contribution in [0.5, 0.6) is 0 Å². The Bertz CT molecular complexity index is 954. The van der Waals surface area contributed by atoms with Crippen LogP contribution in [0.25, 0.3) is 0 Å². The van der Waals surface area contributed by atoms with Crippen molar-refractivity contribution in [3.63, 3.8) is 0 Å². The van der Waals surface area contributed by atoms with Gasteiger partial charge in [-0.05, 0) is 41.7 Å². The summed E-state index contributed by atoms with van der Waals surface area (Å²) >= 11 is 0. The molecule has 0 aliphatic rings. The number of ether oxygens (including phenoxy) is 1. The topological polar surface area (TPSA) is 75.6 Å². The molecule has 0 atom stereocenters. The standard InChI is InChI=1S/C23H21NO4/c25-22(26)20-12-6-4-10-18(20)14-15-19-11-5-7-13-21(19)24-23(27)28-16-17-8-2-1-3-9-17/h1-13H,14-16H2,(H,24,27)(H,25,26). The van der Waals surface area contributed by atoms with Gasteiger partial charge in [0.05, 0.1) is 5.56 Å². The number of benzene rings is 3. The van der Waals surface area contributed by atoms with Crippen molar-refractivity contribution in [2.75, 3.05) is 5.32 Å². The number of carbonyl (C=O) groups is 2. The molecule has 1 amide bonds. The largest absolute Gasteiger partial charge is 0.478 e. The Balaban J connectivity index is 1.63. The van der Waals surface area contributed by atoms with Gasteiger partial charge in [-0.3, -0.25) is 5.32 Å². The van der Waals surface area contributed by atoms with Gasteiger partial charge in [0.15, 0.2) is 0 Å². The lowest BCUT2D eigenvalue weighted by atomic mass is 9.99. The molecule has 5 nitrogen and oxygen atoms in total. The van der Waals surface area contributed by atoms with E-state index in [-0.39, 0.29) is 6.61 Å². The zero-order valence-corrected chi connectivity index (χ0v) is 15.3. The average molecular weight is 375 g/mol. The summed E-state index contributed by atoms with van der Waals surface area (Å²) in [4.78, 5) is 23.5. The number of aryl methyl sites for hydroxylation is 2. The highest BCUT2D eigenvalue weighted by Gasteiger charge is 2.11. The second-order valence-electron chi connectivity index (χ2n) is 6.31. The molecule has 0 bridgehead atoms. The number of rotatable bonds is 7. The van der Waals surface area contributed by atoms with E-state index >= 15 is 0 Å². The molecule has 3 aromatic rings. The Hall–Kier alpha value is -3.60. The monoisotopic (exact) mass is 375 g/mol. The Morgan fingerprint density at radius 3 is 2.14 bits per heavy atom. The molecular weight excluding hydrogens is 354 g/mol.